The molecule has 0 fully saturated rings. The Kier molecular flexibility index (Phi) is 4.78. The number of nitrogens with one attached hydrogen (secondary N) is 1. The van der Waals surface area contributed by atoms with Gasteiger partial charge in [0.05, 0.1) is 19.8 Å². The number of carbonyl (C=O) groups excluding carboxylic acids is 1. The van der Waals surface area contributed by atoms with Gasteiger partial charge in [0, 0.05) is 17.3 Å². The Morgan fingerprint density at radius 1 is 1.17 bits per heavy atom. The lowest BCUT2D eigenvalue weighted by Crippen LogP contribution is -2.31. The number of fused-ring (bicyclic) bond motifs is 1. The molecule has 154 valence electrons. The second kappa shape index (κ2) is 7.43. The molecule has 2 heterocycles. The molecule has 1 aromatic heterocycles. The zero-order chi connectivity index (χ0) is 21.4. The van der Waals surface area contributed by atoms with Crippen LogP contribution in [0.2, 0.25) is 0 Å². The maximum absolute atomic E-state index is 12.3. The van der Waals surface area contributed by atoms with Crippen molar-refractivity contribution in [3.8, 4) is 28.6 Å². The number of carbonyl (C=O) groups is 1. The van der Waals surface area contributed by atoms with Crippen molar-refractivity contribution in [3.63, 3.8) is 0 Å². The van der Waals surface area contributed by atoms with Gasteiger partial charge in [-0.1, -0.05) is 12.1 Å². The fourth-order valence-corrected chi connectivity index (χ4v) is 3.53. The highest BCUT2D eigenvalue weighted by Crippen LogP contribution is 2.37. The number of phenolic OH excluding ortho intramolecular Hbond substituents is 1. The van der Waals surface area contributed by atoms with Crippen LogP contribution in [0.4, 0.5) is 5.95 Å². The minimum atomic E-state index is -0.639. The number of amides is 1. The molecule has 1 aliphatic rings. The lowest BCUT2D eigenvalue weighted by molar-refractivity contribution is -0.115. The summed E-state index contributed by atoms with van der Waals surface area (Å²) in [6, 6.07) is 11.3. The molecule has 1 atom stereocenters. The number of aromatic hydroxyl groups is 1. The quantitative estimate of drug-likeness (QED) is 0.593. The topological polar surface area (TPSA) is 125 Å². The van der Waals surface area contributed by atoms with Gasteiger partial charge in [-0.2, -0.15) is 4.98 Å². The summed E-state index contributed by atoms with van der Waals surface area (Å²) in [5.41, 5.74) is 7.94. The van der Waals surface area contributed by atoms with E-state index >= 15 is 0 Å². The number of nitrogens with two attached hydrogens (primary N) is 1. The number of aromatic nitrogens is 3. The van der Waals surface area contributed by atoms with Gasteiger partial charge in [-0.15, -0.1) is 5.10 Å². The first-order valence-electron chi connectivity index (χ1n) is 9.17. The summed E-state index contributed by atoms with van der Waals surface area (Å²) in [6.07, 6.45) is 0. The number of methoxy groups -OCH3 is 2. The Bertz CT molecular complexity index is 1150. The third kappa shape index (κ3) is 3.30. The molecular weight excluding hydrogens is 386 g/mol. The smallest absolute Gasteiger partial charge is 0.248 e. The summed E-state index contributed by atoms with van der Waals surface area (Å²) in [7, 11) is 3.13. The van der Waals surface area contributed by atoms with Crippen LogP contribution < -0.4 is 20.5 Å². The summed E-state index contributed by atoms with van der Waals surface area (Å²) in [6.45, 7) is 1.75. The summed E-state index contributed by atoms with van der Waals surface area (Å²) >= 11 is 0. The van der Waals surface area contributed by atoms with Gasteiger partial charge in [0.15, 0.2) is 5.82 Å². The van der Waals surface area contributed by atoms with Crippen molar-refractivity contribution in [2.45, 2.75) is 13.0 Å². The summed E-state index contributed by atoms with van der Waals surface area (Å²) in [5, 5.41) is 17.7. The van der Waals surface area contributed by atoms with Crippen molar-refractivity contribution < 1.29 is 19.4 Å². The van der Waals surface area contributed by atoms with Crippen LogP contribution in [0.1, 0.15) is 18.5 Å². The second-order valence-corrected chi connectivity index (χ2v) is 6.83. The number of rotatable bonds is 5. The fourth-order valence-electron chi connectivity index (χ4n) is 3.53. The van der Waals surface area contributed by atoms with Crippen molar-refractivity contribution >= 4 is 11.9 Å². The van der Waals surface area contributed by atoms with Gasteiger partial charge in [0.25, 0.3) is 0 Å². The Labute approximate surface area is 172 Å². The molecule has 3 aromatic rings. The number of benzene rings is 2. The van der Waals surface area contributed by atoms with Crippen molar-refractivity contribution in [3.05, 3.63) is 59.3 Å². The lowest BCUT2D eigenvalue weighted by Gasteiger charge is -2.27. The van der Waals surface area contributed by atoms with Crippen LogP contribution >= 0.6 is 0 Å². The van der Waals surface area contributed by atoms with Crippen LogP contribution in [0, 0.1) is 0 Å². The molecule has 4 N–H and O–H groups in total. The number of hydrogen-bond acceptors (Lipinski definition) is 7. The van der Waals surface area contributed by atoms with Crippen molar-refractivity contribution in [1.82, 2.24) is 14.8 Å². The number of allylic oxidation sites excluding steroid dienone is 1. The van der Waals surface area contributed by atoms with Gasteiger partial charge >= 0.3 is 0 Å². The van der Waals surface area contributed by atoms with Crippen LogP contribution in [0.25, 0.3) is 11.4 Å². The molecule has 0 saturated heterocycles. The van der Waals surface area contributed by atoms with E-state index in [1.165, 1.54) is 0 Å². The molecule has 0 bridgehead atoms. The van der Waals surface area contributed by atoms with Crippen LogP contribution in [0.3, 0.4) is 0 Å². The van der Waals surface area contributed by atoms with Gasteiger partial charge < -0.3 is 25.6 Å². The largest absolute Gasteiger partial charge is 0.508 e. The van der Waals surface area contributed by atoms with Gasteiger partial charge in [0.2, 0.25) is 11.9 Å². The first-order valence-corrected chi connectivity index (χ1v) is 9.17. The van der Waals surface area contributed by atoms with E-state index in [0.717, 1.165) is 0 Å². The van der Waals surface area contributed by atoms with Gasteiger partial charge in [0.1, 0.15) is 23.3 Å². The Morgan fingerprint density at radius 2 is 1.87 bits per heavy atom. The SMILES string of the molecule is COc1cc(OC)cc(-c2nc3n(n2)C(c2cccc(O)c2)C(C(N)=O)=C(C)N3)c1. The average Bonchev–Trinajstić information content (AvgIpc) is 3.15. The van der Waals surface area contributed by atoms with E-state index in [0.29, 0.717) is 45.7 Å². The minimum absolute atomic E-state index is 0.0759. The molecular formula is C21H21N5O4. The number of primary amides is 1. The monoisotopic (exact) mass is 407 g/mol. The Hall–Kier alpha value is -4.01. The molecule has 1 amide bonds. The number of ether oxygens (including phenoxy) is 2. The highest BCUT2D eigenvalue weighted by Gasteiger charge is 2.33. The minimum Gasteiger partial charge on any atom is -0.508 e. The number of hydrogen-bond donors (Lipinski definition) is 3. The average molecular weight is 407 g/mol. The summed E-state index contributed by atoms with van der Waals surface area (Å²) in [5.74, 6) is 1.55. The van der Waals surface area contributed by atoms with E-state index in [4.69, 9.17) is 15.2 Å². The highest BCUT2D eigenvalue weighted by molar-refractivity contribution is 5.95. The van der Waals surface area contributed by atoms with Crippen molar-refractivity contribution in [1.29, 1.82) is 0 Å². The molecule has 0 saturated carbocycles. The fraction of sp³-hybridized carbons (Fsp3) is 0.190. The van der Waals surface area contributed by atoms with Crippen molar-refractivity contribution in [2.75, 3.05) is 19.5 Å². The van der Waals surface area contributed by atoms with Gasteiger partial charge in [-0.3, -0.25) is 4.79 Å². The molecule has 9 heteroatoms. The third-order valence-corrected chi connectivity index (χ3v) is 4.91. The number of anilines is 1. The van der Waals surface area contributed by atoms with E-state index in [1.807, 2.05) is 0 Å². The predicted molar refractivity (Wildman–Crippen MR) is 110 cm³/mol. The normalized spacial score (nSPS) is 15.4. The lowest BCUT2D eigenvalue weighted by atomic mass is 9.95. The van der Waals surface area contributed by atoms with Gasteiger partial charge in [-0.25, -0.2) is 4.68 Å². The van der Waals surface area contributed by atoms with E-state index in [2.05, 4.69) is 15.4 Å². The zero-order valence-corrected chi connectivity index (χ0v) is 16.7. The van der Waals surface area contributed by atoms with E-state index < -0.39 is 11.9 Å². The molecule has 1 aliphatic heterocycles. The van der Waals surface area contributed by atoms with E-state index in [-0.39, 0.29) is 5.75 Å². The number of nitrogens with zero attached hydrogens (tertiary/aromatic N) is 3. The Morgan fingerprint density at radius 3 is 2.47 bits per heavy atom. The van der Waals surface area contributed by atoms with E-state index in [1.54, 1.807) is 68.3 Å². The Balaban J connectivity index is 1.88. The second-order valence-electron chi connectivity index (χ2n) is 6.83. The first kappa shape index (κ1) is 19.3. The maximum Gasteiger partial charge on any atom is 0.248 e. The van der Waals surface area contributed by atoms with Crippen molar-refractivity contribution in [2.24, 2.45) is 5.73 Å². The third-order valence-electron chi connectivity index (χ3n) is 4.91. The molecule has 30 heavy (non-hydrogen) atoms. The molecule has 9 nitrogen and oxygen atoms in total. The highest BCUT2D eigenvalue weighted by atomic mass is 16.5. The molecule has 0 spiro atoms. The zero-order valence-electron chi connectivity index (χ0n) is 16.7. The molecule has 1 unspecified atom stereocenters. The predicted octanol–water partition coefficient (Wildman–Crippen LogP) is 2.44. The maximum atomic E-state index is 12.3. The van der Waals surface area contributed by atoms with Crippen LogP contribution in [0.15, 0.2) is 53.7 Å². The first-order chi connectivity index (χ1) is 14.4. The summed E-state index contributed by atoms with van der Waals surface area (Å²) in [4.78, 5) is 16.8. The van der Waals surface area contributed by atoms with E-state index in [9.17, 15) is 9.90 Å². The summed E-state index contributed by atoms with van der Waals surface area (Å²) < 4.78 is 12.3. The molecule has 0 aliphatic carbocycles. The molecule has 2 aromatic carbocycles. The number of phenols is 1. The van der Waals surface area contributed by atoms with Crippen LogP contribution in [0.5, 0.6) is 17.2 Å². The van der Waals surface area contributed by atoms with Crippen LogP contribution in [-0.2, 0) is 4.79 Å². The van der Waals surface area contributed by atoms with Gasteiger partial charge in [-0.05, 0) is 36.8 Å². The standard InChI is InChI=1S/C21H21N5O4/c1-11-17(19(22)28)18(12-5-4-6-14(27)7-12)26-21(23-11)24-20(25-26)13-8-15(29-2)10-16(9-13)30-3/h4-10,18,27H,1-3H3,(H2,22,28)(H,23,24,25). The van der Waals surface area contributed by atoms with Crippen LogP contribution in [-0.4, -0.2) is 40.0 Å². The molecule has 0 radical (unpaired) electrons. The molecule has 4 rings (SSSR count).